The van der Waals surface area contributed by atoms with E-state index < -0.39 is 28.7 Å². The molecule has 1 aliphatic rings. The van der Waals surface area contributed by atoms with E-state index in [1.54, 1.807) is 0 Å². The Hall–Kier alpha value is -2.63. The van der Waals surface area contributed by atoms with Crippen molar-refractivity contribution in [2.75, 3.05) is 38.2 Å². The van der Waals surface area contributed by atoms with Crippen molar-refractivity contribution in [2.24, 2.45) is 0 Å². The summed E-state index contributed by atoms with van der Waals surface area (Å²) in [4.78, 5) is 12.5. The van der Waals surface area contributed by atoms with Gasteiger partial charge in [0.05, 0.1) is 18.1 Å². The number of halogens is 3. The van der Waals surface area contributed by atoms with Crippen LogP contribution in [0.5, 0.6) is 5.75 Å². The van der Waals surface area contributed by atoms with Crippen LogP contribution in [0.25, 0.3) is 0 Å². The third-order valence-electron chi connectivity index (χ3n) is 4.22. The zero-order valence-corrected chi connectivity index (χ0v) is 16.5. The van der Waals surface area contributed by atoms with E-state index in [0.29, 0.717) is 13.2 Å². The molecule has 1 saturated heterocycles. The summed E-state index contributed by atoms with van der Waals surface area (Å²) in [5.41, 5.74) is 0.433. The maximum Gasteiger partial charge on any atom is 0.422 e. The van der Waals surface area contributed by atoms with Gasteiger partial charge in [-0.05, 0) is 36.4 Å². The Bertz CT molecular complexity index is 988. The van der Waals surface area contributed by atoms with E-state index in [9.17, 15) is 26.4 Å². The molecular weight excluding hydrogens is 425 g/mol. The lowest BCUT2D eigenvalue weighted by molar-refractivity contribution is -0.153. The molecule has 0 aromatic heterocycles. The predicted molar refractivity (Wildman–Crippen MR) is 102 cm³/mol. The summed E-state index contributed by atoms with van der Waals surface area (Å²) in [5, 5.41) is 2.54. The van der Waals surface area contributed by atoms with Gasteiger partial charge in [-0.3, -0.25) is 4.79 Å². The topological polar surface area (TPSA) is 84.9 Å². The van der Waals surface area contributed by atoms with Gasteiger partial charge in [0.25, 0.3) is 5.91 Å². The van der Waals surface area contributed by atoms with Gasteiger partial charge >= 0.3 is 6.18 Å². The fraction of sp³-hybridized carbons (Fsp3) is 0.316. The molecule has 2 aromatic rings. The Morgan fingerprint density at radius 3 is 2.40 bits per heavy atom. The fourth-order valence-corrected chi connectivity index (χ4v) is 4.15. The normalized spacial score (nSPS) is 15.6. The van der Waals surface area contributed by atoms with Crippen molar-refractivity contribution in [2.45, 2.75) is 11.1 Å². The monoisotopic (exact) mass is 444 g/mol. The number of carbonyl (C=O) groups excluding carboxylic acids is 1. The molecule has 0 saturated carbocycles. The minimum Gasteiger partial charge on any atom is -0.484 e. The Morgan fingerprint density at radius 1 is 1.10 bits per heavy atom. The molecule has 1 aliphatic heterocycles. The van der Waals surface area contributed by atoms with Gasteiger partial charge in [0, 0.05) is 30.4 Å². The second-order valence-corrected chi connectivity index (χ2v) is 8.36. The van der Waals surface area contributed by atoms with Gasteiger partial charge in [0.2, 0.25) is 10.0 Å². The minimum atomic E-state index is -4.47. The molecule has 1 amide bonds. The van der Waals surface area contributed by atoms with Crippen molar-refractivity contribution in [1.82, 2.24) is 4.31 Å². The Labute approximate surface area is 171 Å². The number of ether oxygens (including phenoxy) is 2. The van der Waals surface area contributed by atoms with Gasteiger partial charge in [0.15, 0.2) is 6.61 Å². The van der Waals surface area contributed by atoms with Crippen LogP contribution in [0.1, 0.15) is 10.4 Å². The number of hydrogen-bond donors (Lipinski definition) is 1. The van der Waals surface area contributed by atoms with E-state index in [2.05, 4.69) is 10.1 Å². The summed E-state index contributed by atoms with van der Waals surface area (Å²) >= 11 is 0. The number of amides is 1. The number of nitrogens with zero attached hydrogens (tertiary/aromatic N) is 1. The zero-order valence-electron chi connectivity index (χ0n) is 15.7. The van der Waals surface area contributed by atoms with Crippen molar-refractivity contribution in [1.29, 1.82) is 0 Å². The average molecular weight is 444 g/mol. The second kappa shape index (κ2) is 9.02. The van der Waals surface area contributed by atoms with Crippen molar-refractivity contribution in [3.63, 3.8) is 0 Å². The molecule has 162 valence electrons. The second-order valence-electron chi connectivity index (χ2n) is 6.43. The Morgan fingerprint density at radius 2 is 1.77 bits per heavy atom. The highest BCUT2D eigenvalue weighted by Crippen LogP contribution is 2.22. The highest BCUT2D eigenvalue weighted by atomic mass is 32.2. The van der Waals surface area contributed by atoms with Crippen LogP contribution in [0.2, 0.25) is 0 Å². The predicted octanol–water partition coefficient (Wildman–Crippen LogP) is 2.90. The lowest BCUT2D eigenvalue weighted by Gasteiger charge is -2.26. The number of benzene rings is 2. The Balaban J connectivity index is 1.66. The van der Waals surface area contributed by atoms with Crippen LogP contribution in [0.3, 0.4) is 0 Å². The number of rotatable bonds is 6. The van der Waals surface area contributed by atoms with Crippen LogP contribution in [-0.2, 0) is 14.8 Å². The van der Waals surface area contributed by atoms with Gasteiger partial charge < -0.3 is 14.8 Å². The van der Waals surface area contributed by atoms with Crippen LogP contribution in [0.4, 0.5) is 18.9 Å². The summed E-state index contributed by atoms with van der Waals surface area (Å²) in [7, 11) is -3.67. The molecule has 1 N–H and O–H groups in total. The maximum absolute atomic E-state index is 12.6. The molecule has 0 radical (unpaired) electrons. The summed E-state index contributed by atoms with van der Waals surface area (Å²) in [6.45, 7) is -0.269. The van der Waals surface area contributed by atoms with Crippen molar-refractivity contribution in [3.05, 3.63) is 54.1 Å². The summed E-state index contributed by atoms with van der Waals surface area (Å²) < 4.78 is 73.1. The molecule has 7 nitrogen and oxygen atoms in total. The molecule has 0 bridgehead atoms. The summed E-state index contributed by atoms with van der Waals surface area (Å²) in [5.74, 6) is -0.588. The first kappa shape index (κ1) is 22.1. The lowest BCUT2D eigenvalue weighted by atomic mass is 10.2. The summed E-state index contributed by atoms with van der Waals surface area (Å²) in [6, 6.07) is 11.0. The van der Waals surface area contributed by atoms with Gasteiger partial charge in [0.1, 0.15) is 5.75 Å². The number of nitrogens with one attached hydrogen (secondary N) is 1. The van der Waals surface area contributed by atoms with E-state index >= 15 is 0 Å². The number of morpholine rings is 1. The Kier molecular flexibility index (Phi) is 6.64. The molecule has 0 unspecified atom stereocenters. The number of anilines is 1. The highest BCUT2D eigenvalue weighted by Gasteiger charge is 2.28. The molecule has 2 aromatic carbocycles. The first-order valence-electron chi connectivity index (χ1n) is 8.94. The largest absolute Gasteiger partial charge is 0.484 e. The number of sulfonamides is 1. The highest BCUT2D eigenvalue weighted by molar-refractivity contribution is 7.89. The molecule has 0 atom stereocenters. The van der Waals surface area contributed by atoms with Crippen LogP contribution < -0.4 is 10.1 Å². The first-order valence-corrected chi connectivity index (χ1v) is 10.4. The third-order valence-corrected chi connectivity index (χ3v) is 6.13. The molecule has 3 rings (SSSR count). The van der Waals surface area contributed by atoms with E-state index in [4.69, 9.17) is 4.74 Å². The van der Waals surface area contributed by atoms with Crippen LogP contribution >= 0.6 is 0 Å². The number of alkyl halides is 3. The van der Waals surface area contributed by atoms with E-state index in [-0.39, 0.29) is 35.0 Å². The van der Waals surface area contributed by atoms with Gasteiger partial charge in [-0.25, -0.2) is 8.42 Å². The quantitative estimate of drug-likeness (QED) is 0.741. The number of carbonyl (C=O) groups is 1. The van der Waals surface area contributed by atoms with Crippen LogP contribution in [0.15, 0.2) is 53.4 Å². The van der Waals surface area contributed by atoms with E-state index in [1.807, 2.05) is 0 Å². The fourth-order valence-electron chi connectivity index (χ4n) is 2.75. The van der Waals surface area contributed by atoms with Gasteiger partial charge in [-0.15, -0.1) is 0 Å². The van der Waals surface area contributed by atoms with Gasteiger partial charge in [-0.2, -0.15) is 17.5 Å². The first-order chi connectivity index (χ1) is 14.1. The van der Waals surface area contributed by atoms with E-state index in [0.717, 1.165) is 0 Å². The zero-order chi connectivity index (χ0) is 21.8. The molecule has 1 fully saturated rings. The molecule has 0 spiro atoms. The molecule has 30 heavy (non-hydrogen) atoms. The van der Waals surface area contributed by atoms with Crippen molar-refractivity contribution in [3.8, 4) is 5.75 Å². The van der Waals surface area contributed by atoms with Crippen LogP contribution in [-0.4, -0.2) is 57.7 Å². The average Bonchev–Trinajstić information content (AvgIpc) is 2.73. The van der Waals surface area contributed by atoms with Crippen LogP contribution in [0, 0.1) is 0 Å². The summed E-state index contributed by atoms with van der Waals surface area (Å²) in [6.07, 6.45) is -4.47. The SMILES string of the molecule is O=C(Nc1cccc(OCC(F)(F)F)c1)c1ccc(S(=O)(=O)N2CCOCC2)cc1. The molecule has 1 heterocycles. The lowest BCUT2D eigenvalue weighted by Crippen LogP contribution is -2.40. The van der Waals surface area contributed by atoms with Crippen molar-refractivity contribution >= 4 is 21.6 Å². The molecule has 0 aliphatic carbocycles. The smallest absolute Gasteiger partial charge is 0.422 e. The maximum atomic E-state index is 12.6. The van der Waals surface area contributed by atoms with E-state index in [1.165, 1.54) is 52.8 Å². The van der Waals surface area contributed by atoms with Gasteiger partial charge in [-0.1, -0.05) is 6.07 Å². The van der Waals surface area contributed by atoms with Crippen molar-refractivity contribution < 1.29 is 35.9 Å². The third kappa shape index (κ3) is 5.71. The standard InChI is InChI=1S/C19H19F3N2O5S/c20-19(21,22)13-29-16-3-1-2-15(12-16)23-18(25)14-4-6-17(7-5-14)30(26,27)24-8-10-28-11-9-24/h1-7,12H,8-11,13H2,(H,23,25). The number of hydrogen-bond acceptors (Lipinski definition) is 5. The molecular formula is C19H19F3N2O5S. The minimum absolute atomic E-state index is 0.0444. The molecule has 11 heteroatoms.